The average molecular weight is 404 g/mol. The van der Waals surface area contributed by atoms with Gasteiger partial charge in [0.25, 0.3) is 0 Å². The van der Waals surface area contributed by atoms with Crippen molar-refractivity contribution in [1.82, 2.24) is 15.1 Å². The van der Waals surface area contributed by atoms with Gasteiger partial charge in [0.15, 0.2) is 0 Å². The summed E-state index contributed by atoms with van der Waals surface area (Å²) in [7, 11) is 5.80. The van der Waals surface area contributed by atoms with Crippen molar-refractivity contribution in [2.75, 3.05) is 67.5 Å². The van der Waals surface area contributed by atoms with Gasteiger partial charge in [0, 0.05) is 26.2 Å². The lowest BCUT2D eigenvalue weighted by molar-refractivity contribution is -0.0512. The Morgan fingerprint density at radius 3 is 2.25 bits per heavy atom. The first-order valence-corrected chi connectivity index (χ1v) is 11.0. The molecular formula is C22H49N3O3. The van der Waals surface area contributed by atoms with Gasteiger partial charge in [0.2, 0.25) is 0 Å². The fraction of sp³-hybridized carbons (Fsp3) is 1.00. The van der Waals surface area contributed by atoms with Crippen LogP contribution in [-0.2, 0) is 14.2 Å². The van der Waals surface area contributed by atoms with E-state index in [1.807, 2.05) is 7.05 Å². The van der Waals surface area contributed by atoms with Gasteiger partial charge in [-0.25, -0.2) is 0 Å². The van der Waals surface area contributed by atoms with Gasteiger partial charge in [-0.05, 0) is 66.6 Å². The summed E-state index contributed by atoms with van der Waals surface area (Å²) < 4.78 is 17.0. The third-order valence-electron chi connectivity index (χ3n) is 4.94. The normalized spacial score (nSPS) is 14.8. The molecule has 0 saturated heterocycles. The zero-order valence-electron chi connectivity index (χ0n) is 20.1. The quantitative estimate of drug-likeness (QED) is 0.263. The third kappa shape index (κ3) is 16.7. The van der Waals surface area contributed by atoms with Crippen LogP contribution in [0.1, 0.15) is 60.3 Å². The zero-order valence-corrected chi connectivity index (χ0v) is 20.1. The summed E-state index contributed by atoms with van der Waals surface area (Å²) >= 11 is 0. The van der Waals surface area contributed by atoms with Gasteiger partial charge in [-0.2, -0.15) is 0 Å². The second-order valence-corrected chi connectivity index (χ2v) is 8.96. The molecule has 2 atom stereocenters. The number of rotatable bonds is 19. The average Bonchev–Trinajstić information content (AvgIpc) is 2.58. The second-order valence-electron chi connectivity index (χ2n) is 8.96. The first kappa shape index (κ1) is 27.8. The van der Waals surface area contributed by atoms with Crippen LogP contribution < -0.4 is 5.32 Å². The summed E-state index contributed by atoms with van der Waals surface area (Å²) in [5.74, 6) is 0.654. The highest BCUT2D eigenvalue weighted by Crippen LogP contribution is 2.22. The van der Waals surface area contributed by atoms with Crippen molar-refractivity contribution in [3.63, 3.8) is 0 Å². The van der Waals surface area contributed by atoms with Gasteiger partial charge in [0.05, 0.1) is 32.3 Å². The molecule has 0 rings (SSSR count). The summed E-state index contributed by atoms with van der Waals surface area (Å²) in [6, 6.07) is 0.625. The van der Waals surface area contributed by atoms with Crippen molar-refractivity contribution in [3.8, 4) is 0 Å². The maximum absolute atomic E-state index is 6.17. The van der Waals surface area contributed by atoms with Crippen molar-refractivity contribution in [2.24, 2.45) is 5.92 Å². The van der Waals surface area contributed by atoms with Crippen LogP contribution in [0.15, 0.2) is 0 Å². The molecule has 1 N–H and O–H groups in total. The predicted molar refractivity (Wildman–Crippen MR) is 119 cm³/mol. The summed E-state index contributed by atoms with van der Waals surface area (Å²) in [6.07, 6.45) is 4.79. The Kier molecular flexibility index (Phi) is 16.4. The molecule has 0 bridgehead atoms. The molecule has 170 valence electrons. The van der Waals surface area contributed by atoms with Crippen LogP contribution in [0.2, 0.25) is 0 Å². The van der Waals surface area contributed by atoms with Gasteiger partial charge >= 0.3 is 0 Å². The van der Waals surface area contributed by atoms with Gasteiger partial charge in [-0.15, -0.1) is 0 Å². The number of methoxy groups -OCH3 is 1. The maximum Gasteiger partial charge on any atom is 0.0989 e. The Balaban J connectivity index is 3.81. The van der Waals surface area contributed by atoms with Gasteiger partial charge in [0.1, 0.15) is 0 Å². The van der Waals surface area contributed by atoms with E-state index in [4.69, 9.17) is 14.2 Å². The van der Waals surface area contributed by atoms with Gasteiger partial charge < -0.3 is 19.5 Å². The van der Waals surface area contributed by atoms with E-state index in [1.54, 1.807) is 7.11 Å². The van der Waals surface area contributed by atoms with Crippen LogP contribution in [0.4, 0.5) is 0 Å². The first-order valence-electron chi connectivity index (χ1n) is 11.0. The van der Waals surface area contributed by atoms with E-state index in [9.17, 15) is 0 Å². The lowest BCUT2D eigenvalue weighted by Crippen LogP contribution is -2.34. The number of hydrogen-bond acceptors (Lipinski definition) is 6. The molecule has 0 aliphatic carbocycles. The molecule has 0 saturated carbocycles. The highest BCUT2D eigenvalue weighted by atomic mass is 16.5. The standard InChI is InChI=1S/C22H49N3O3/c1-9-10-21(3)23-12-11-20(2)17-22(4,5)28-16-14-25(7)19-27-15-13-24(6)18-26-8/h20-21,23H,9-19H2,1-8H3. The van der Waals surface area contributed by atoms with E-state index < -0.39 is 0 Å². The van der Waals surface area contributed by atoms with Crippen LogP contribution in [-0.4, -0.2) is 89.0 Å². The lowest BCUT2D eigenvalue weighted by Gasteiger charge is -2.30. The van der Waals surface area contributed by atoms with Crippen molar-refractivity contribution < 1.29 is 14.2 Å². The Morgan fingerprint density at radius 1 is 0.964 bits per heavy atom. The molecule has 0 amide bonds. The van der Waals surface area contributed by atoms with E-state index >= 15 is 0 Å². The Morgan fingerprint density at radius 2 is 1.61 bits per heavy atom. The van der Waals surface area contributed by atoms with Crippen molar-refractivity contribution in [1.29, 1.82) is 0 Å². The molecule has 0 spiro atoms. The number of hydrogen-bond donors (Lipinski definition) is 1. The van der Waals surface area contributed by atoms with E-state index in [-0.39, 0.29) is 5.60 Å². The molecule has 6 nitrogen and oxygen atoms in total. The smallest absolute Gasteiger partial charge is 0.0989 e. The largest absolute Gasteiger partial charge is 0.374 e. The van der Waals surface area contributed by atoms with Crippen LogP contribution in [0.5, 0.6) is 0 Å². The van der Waals surface area contributed by atoms with Crippen LogP contribution in [0.3, 0.4) is 0 Å². The minimum Gasteiger partial charge on any atom is -0.374 e. The zero-order chi connectivity index (χ0) is 21.4. The molecule has 2 unspecified atom stereocenters. The first-order chi connectivity index (χ1) is 13.2. The molecule has 0 aromatic carbocycles. The third-order valence-corrected chi connectivity index (χ3v) is 4.94. The Bertz CT molecular complexity index is 356. The highest BCUT2D eigenvalue weighted by molar-refractivity contribution is 4.73. The summed E-state index contributed by atoms with van der Waals surface area (Å²) in [5, 5.41) is 3.63. The fourth-order valence-electron chi connectivity index (χ4n) is 3.38. The minimum atomic E-state index is -0.0843. The SMILES string of the molecule is CCCC(C)NCCC(C)CC(C)(C)OCCN(C)COCCN(C)COC. The monoisotopic (exact) mass is 403 g/mol. The number of likely N-dealkylation sites (N-methyl/N-ethyl adjacent to an activating group) is 2. The van der Waals surface area contributed by atoms with Crippen LogP contribution in [0, 0.1) is 5.92 Å². The molecule has 0 heterocycles. The number of ether oxygens (including phenoxy) is 3. The van der Waals surface area contributed by atoms with E-state index in [0.717, 1.165) is 32.7 Å². The van der Waals surface area contributed by atoms with Crippen molar-refractivity contribution in [2.45, 2.75) is 71.9 Å². The Hall–Kier alpha value is -0.240. The van der Waals surface area contributed by atoms with Crippen molar-refractivity contribution in [3.05, 3.63) is 0 Å². The summed E-state index contributed by atoms with van der Waals surface area (Å²) in [6.45, 7) is 16.8. The molecule has 0 aliphatic heterocycles. The molecule has 0 aliphatic rings. The Labute approximate surface area is 175 Å². The molecule has 0 radical (unpaired) electrons. The molecule has 0 aromatic rings. The second kappa shape index (κ2) is 16.5. The predicted octanol–water partition coefficient (Wildman–Crippen LogP) is 3.42. The topological polar surface area (TPSA) is 46.2 Å². The summed E-state index contributed by atoms with van der Waals surface area (Å²) in [5.41, 5.74) is -0.0843. The van der Waals surface area contributed by atoms with Gasteiger partial charge in [-0.1, -0.05) is 20.3 Å². The fourth-order valence-corrected chi connectivity index (χ4v) is 3.38. The summed E-state index contributed by atoms with van der Waals surface area (Å²) in [4.78, 5) is 4.25. The minimum absolute atomic E-state index is 0.0843. The van der Waals surface area contributed by atoms with Crippen molar-refractivity contribution >= 4 is 0 Å². The van der Waals surface area contributed by atoms with E-state index in [2.05, 4.69) is 56.8 Å². The maximum atomic E-state index is 6.17. The lowest BCUT2D eigenvalue weighted by atomic mass is 9.92. The van der Waals surface area contributed by atoms with E-state index in [0.29, 0.717) is 32.0 Å². The molecule has 0 aromatic heterocycles. The molecule has 28 heavy (non-hydrogen) atoms. The molecule has 6 heteroatoms. The highest BCUT2D eigenvalue weighted by Gasteiger charge is 2.21. The molecule has 0 fully saturated rings. The van der Waals surface area contributed by atoms with Gasteiger partial charge in [-0.3, -0.25) is 9.80 Å². The number of nitrogens with zero attached hydrogens (tertiary/aromatic N) is 2. The molecular weight excluding hydrogens is 354 g/mol. The van der Waals surface area contributed by atoms with E-state index in [1.165, 1.54) is 19.3 Å². The van der Waals surface area contributed by atoms with Crippen LogP contribution >= 0.6 is 0 Å². The van der Waals surface area contributed by atoms with Crippen LogP contribution in [0.25, 0.3) is 0 Å². The number of nitrogens with one attached hydrogen (secondary N) is 1.